The summed E-state index contributed by atoms with van der Waals surface area (Å²) in [5, 5.41) is 13.1. The van der Waals surface area contributed by atoms with Crippen molar-refractivity contribution in [2.75, 3.05) is 0 Å². The van der Waals surface area contributed by atoms with Crippen molar-refractivity contribution >= 4 is 5.97 Å². The molecule has 2 aromatic rings. The van der Waals surface area contributed by atoms with Crippen molar-refractivity contribution in [3.05, 3.63) is 53.3 Å². The highest BCUT2D eigenvalue weighted by Crippen LogP contribution is 2.23. The molecule has 1 N–H and O–H groups in total. The van der Waals surface area contributed by atoms with E-state index in [2.05, 4.69) is 38.0 Å². The van der Waals surface area contributed by atoms with Crippen molar-refractivity contribution in [3.8, 4) is 0 Å². The van der Waals surface area contributed by atoms with Crippen molar-refractivity contribution in [2.45, 2.75) is 32.7 Å². The lowest BCUT2D eigenvalue weighted by molar-refractivity contribution is 0.0684. The van der Waals surface area contributed by atoms with Crippen LogP contribution in [0.1, 0.15) is 42.4 Å². The van der Waals surface area contributed by atoms with Gasteiger partial charge in [0.05, 0.1) is 6.54 Å². The maximum atomic E-state index is 11.0. The number of carboxylic acid groups (broad SMARTS) is 1. The average Bonchev–Trinajstić information content (AvgIpc) is 2.76. The van der Waals surface area contributed by atoms with E-state index in [4.69, 9.17) is 5.11 Å². The van der Waals surface area contributed by atoms with Crippen molar-refractivity contribution in [2.24, 2.45) is 0 Å². The number of carbonyl (C=O) groups is 1. The number of hydrogen-bond donors (Lipinski definition) is 1. The van der Waals surface area contributed by atoms with Crippen LogP contribution >= 0.6 is 0 Å². The molecule has 0 unspecified atom stereocenters. The highest BCUT2D eigenvalue weighted by molar-refractivity contribution is 5.85. The Hall–Kier alpha value is -2.10. The summed E-state index contributed by atoms with van der Waals surface area (Å²) < 4.78 is 1.50. The molecule has 0 bridgehead atoms. The largest absolute Gasteiger partial charge is 0.477 e. The van der Waals surface area contributed by atoms with Gasteiger partial charge in [0, 0.05) is 6.20 Å². The zero-order valence-corrected chi connectivity index (χ0v) is 11.4. The summed E-state index contributed by atoms with van der Waals surface area (Å²) in [4.78, 5) is 11.0. The Morgan fingerprint density at radius 1 is 1.32 bits per heavy atom. The van der Waals surface area contributed by atoms with Crippen molar-refractivity contribution in [1.29, 1.82) is 0 Å². The third-order valence-electron chi connectivity index (χ3n) is 3.06. The summed E-state index contributed by atoms with van der Waals surface area (Å²) in [6.07, 6.45) is 1.51. The number of rotatable bonds is 3. The second kappa shape index (κ2) is 4.88. The van der Waals surface area contributed by atoms with Crippen LogP contribution < -0.4 is 0 Å². The van der Waals surface area contributed by atoms with Crippen molar-refractivity contribution in [3.63, 3.8) is 0 Å². The van der Waals surface area contributed by atoms with Gasteiger partial charge < -0.3 is 5.11 Å². The topological polar surface area (TPSA) is 55.1 Å². The van der Waals surface area contributed by atoms with Gasteiger partial charge in [-0.15, -0.1) is 0 Å². The second-order valence-electron chi connectivity index (χ2n) is 5.63. The Morgan fingerprint density at radius 2 is 2.05 bits per heavy atom. The van der Waals surface area contributed by atoms with Crippen LogP contribution in [0, 0.1) is 0 Å². The SMILES string of the molecule is CC(C)(C)c1cccc(Cn2nccc2C(=O)O)c1. The van der Waals surface area contributed by atoms with Gasteiger partial charge in [0.25, 0.3) is 0 Å². The van der Waals surface area contributed by atoms with E-state index < -0.39 is 5.97 Å². The summed E-state index contributed by atoms with van der Waals surface area (Å²) in [6, 6.07) is 9.69. The fourth-order valence-corrected chi connectivity index (χ4v) is 1.95. The van der Waals surface area contributed by atoms with E-state index in [1.54, 1.807) is 0 Å². The minimum absolute atomic E-state index is 0.0791. The van der Waals surface area contributed by atoms with Crippen LogP contribution in [0.15, 0.2) is 36.5 Å². The number of nitrogens with zero attached hydrogens (tertiary/aromatic N) is 2. The van der Waals surface area contributed by atoms with Gasteiger partial charge in [-0.3, -0.25) is 4.68 Å². The lowest BCUT2D eigenvalue weighted by atomic mass is 9.86. The molecule has 1 aromatic heterocycles. The highest BCUT2D eigenvalue weighted by Gasteiger charge is 2.15. The monoisotopic (exact) mass is 258 g/mol. The molecule has 0 aliphatic rings. The van der Waals surface area contributed by atoms with Gasteiger partial charge in [-0.1, -0.05) is 45.0 Å². The van der Waals surface area contributed by atoms with E-state index in [0.29, 0.717) is 6.54 Å². The number of carboxylic acids is 1. The Morgan fingerprint density at radius 3 is 2.68 bits per heavy atom. The highest BCUT2D eigenvalue weighted by atomic mass is 16.4. The van der Waals surface area contributed by atoms with Gasteiger partial charge in [-0.2, -0.15) is 5.10 Å². The smallest absolute Gasteiger partial charge is 0.354 e. The molecule has 0 atom stereocenters. The van der Waals surface area contributed by atoms with E-state index >= 15 is 0 Å². The quantitative estimate of drug-likeness (QED) is 0.921. The molecular weight excluding hydrogens is 240 g/mol. The fourth-order valence-electron chi connectivity index (χ4n) is 1.95. The summed E-state index contributed by atoms with van der Waals surface area (Å²) in [5.74, 6) is -0.954. The van der Waals surface area contributed by atoms with Crippen LogP contribution in [-0.4, -0.2) is 20.9 Å². The molecule has 0 aliphatic heterocycles. The number of aromatic carboxylic acids is 1. The van der Waals surface area contributed by atoms with Crippen LogP contribution in [0.2, 0.25) is 0 Å². The molecule has 0 aliphatic carbocycles. The zero-order chi connectivity index (χ0) is 14.0. The average molecular weight is 258 g/mol. The van der Waals surface area contributed by atoms with Crippen molar-refractivity contribution in [1.82, 2.24) is 9.78 Å². The van der Waals surface area contributed by atoms with Gasteiger partial charge in [0.2, 0.25) is 0 Å². The number of benzene rings is 1. The Kier molecular flexibility index (Phi) is 3.42. The molecule has 0 amide bonds. The van der Waals surface area contributed by atoms with Crippen molar-refractivity contribution < 1.29 is 9.90 Å². The molecule has 4 nitrogen and oxygen atoms in total. The Labute approximate surface area is 112 Å². The predicted octanol–water partition coefficient (Wildman–Crippen LogP) is 2.93. The molecule has 4 heteroatoms. The van der Waals surface area contributed by atoms with Gasteiger partial charge in [-0.05, 0) is 22.6 Å². The number of hydrogen-bond acceptors (Lipinski definition) is 2. The molecular formula is C15H18N2O2. The van der Waals surface area contributed by atoms with E-state index in [1.165, 1.54) is 22.5 Å². The van der Waals surface area contributed by atoms with Crippen LogP contribution in [0.25, 0.3) is 0 Å². The zero-order valence-electron chi connectivity index (χ0n) is 11.4. The van der Waals surface area contributed by atoms with E-state index in [9.17, 15) is 4.79 Å². The first-order chi connectivity index (χ1) is 8.88. The van der Waals surface area contributed by atoms with E-state index in [-0.39, 0.29) is 11.1 Å². The van der Waals surface area contributed by atoms with E-state index in [1.807, 2.05) is 12.1 Å². The summed E-state index contributed by atoms with van der Waals surface area (Å²) >= 11 is 0. The third-order valence-corrected chi connectivity index (χ3v) is 3.06. The molecule has 100 valence electrons. The Balaban J connectivity index is 2.29. The summed E-state index contributed by atoms with van der Waals surface area (Å²) in [7, 11) is 0. The summed E-state index contributed by atoms with van der Waals surface area (Å²) in [5.41, 5.74) is 2.57. The molecule has 0 saturated heterocycles. The standard InChI is InChI=1S/C15H18N2O2/c1-15(2,3)12-6-4-5-11(9-12)10-17-13(14(18)19)7-8-16-17/h4-9H,10H2,1-3H3,(H,18,19). The first-order valence-electron chi connectivity index (χ1n) is 6.22. The van der Waals surface area contributed by atoms with Gasteiger partial charge >= 0.3 is 5.97 Å². The minimum Gasteiger partial charge on any atom is -0.477 e. The fraction of sp³-hybridized carbons (Fsp3) is 0.333. The van der Waals surface area contributed by atoms with Crippen LogP contribution in [-0.2, 0) is 12.0 Å². The first kappa shape index (κ1) is 13.3. The maximum absolute atomic E-state index is 11.0. The third kappa shape index (κ3) is 3.02. The van der Waals surface area contributed by atoms with Gasteiger partial charge in [0.1, 0.15) is 5.69 Å². The van der Waals surface area contributed by atoms with Crippen LogP contribution in [0.5, 0.6) is 0 Å². The molecule has 0 spiro atoms. The first-order valence-corrected chi connectivity index (χ1v) is 6.22. The summed E-state index contributed by atoms with van der Waals surface area (Å²) in [6.45, 7) is 6.94. The molecule has 0 radical (unpaired) electrons. The molecule has 1 aromatic carbocycles. The molecule has 1 heterocycles. The van der Waals surface area contributed by atoms with E-state index in [0.717, 1.165) is 5.56 Å². The number of aromatic nitrogens is 2. The van der Waals surface area contributed by atoms with Crippen LogP contribution in [0.4, 0.5) is 0 Å². The Bertz CT molecular complexity index is 594. The minimum atomic E-state index is -0.954. The van der Waals surface area contributed by atoms with Gasteiger partial charge in [0.15, 0.2) is 0 Å². The molecule has 19 heavy (non-hydrogen) atoms. The van der Waals surface area contributed by atoms with Gasteiger partial charge in [-0.25, -0.2) is 4.79 Å². The normalized spacial score (nSPS) is 11.5. The predicted molar refractivity (Wildman–Crippen MR) is 73.4 cm³/mol. The lowest BCUT2D eigenvalue weighted by Gasteiger charge is -2.19. The molecule has 0 fully saturated rings. The molecule has 0 saturated carbocycles. The van der Waals surface area contributed by atoms with Crippen LogP contribution in [0.3, 0.4) is 0 Å². The second-order valence-corrected chi connectivity index (χ2v) is 5.63. The molecule has 2 rings (SSSR count). The lowest BCUT2D eigenvalue weighted by Crippen LogP contribution is -2.13. The maximum Gasteiger partial charge on any atom is 0.354 e.